The van der Waals surface area contributed by atoms with Gasteiger partial charge in [0.25, 0.3) is 0 Å². The zero-order valence-corrected chi connectivity index (χ0v) is 8.95. The maximum absolute atomic E-state index is 5.46. The largest absolute Gasteiger partial charge is 0.465 e. The second-order valence-corrected chi connectivity index (χ2v) is 3.56. The molecule has 0 fully saturated rings. The maximum Gasteiger partial charge on any atom is 0.123 e. The van der Waals surface area contributed by atoms with E-state index in [-0.39, 0.29) is 0 Å². The van der Waals surface area contributed by atoms with Gasteiger partial charge in [0, 0.05) is 6.20 Å². The van der Waals surface area contributed by atoms with E-state index >= 15 is 0 Å². The highest BCUT2D eigenvalue weighted by Gasteiger charge is 2.00. The second-order valence-electron chi connectivity index (χ2n) is 3.56. The minimum atomic E-state index is 0.695. The normalized spacial score (nSPS) is 10.3. The van der Waals surface area contributed by atoms with Crippen molar-refractivity contribution in [1.82, 2.24) is 4.98 Å². The van der Waals surface area contributed by atoms with Crippen molar-refractivity contribution in [2.75, 3.05) is 5.32 Å². The molecule has 0 radical (unpaired) electrons. The number of hydrogen-bond acceptors (Lipinski definition) is 3. The number of nitrogens with zero attached hydrogens (tertiary/aromatic N) is 1. The van der Waals surface area contributed by atoms with Gasteiger partial charge in [-0.2, -0.15) is 0 Å². The van der Waals surface area contributed by atoms with Crippen LogP contribution < -0.4 is 5.32 Å². The van der Waals surface area contributed by atoms with Crippen LogP contribution in [0.5, 0.6) is 0 Å². The number of furan rings is 1. The second kappa shape index (κ2) is 4.17. The zero-order valence-electron chi connectivity index (χ0n) is 8.95. The van der Waals surface area contributed by atoms with Crippen LogP contribution in [0.3, 0.4) is 0 Å². The van der Waals surface area contributed by atoms with Gasteiger partial charge in [0.05, 0.1) is 18.4 Å². The number of aromatic nitrogens is 1. The molecule has 0 aliphatic carbocycles. The molecule has 3 nitrogen and oxygen atoms in total. The highest BCUT2D eigenvalue weighted by Crippen LogP contribution is 2.14. The standard InChI is InChI=1S/C12H14N2O/c1-9-5-6-13-8-12(9)14-7-11-4-3-10(2)15-11/h3-6,8,14H,7H2,1-2H3. The van der Waals surface area contributed by atoms with Gasteiger partial charge < -0.3 is 9.73 Å². The molecule has 2 aromatic heterocycles. The van der Waals surface area contributed by atoms with E-state index in [1.807, 2.05) is 31.3 Å². The predicted molar refractivity (Wildman–Crippen MR) is 59.7 cm³/mol. The number of hydrogen-bond donors (Lipinski definition) is 1. The molecule has 0 saturated carbocycles. The lowest BCUT2D eigenvalue weighted by atomic mass is 10.2. The first-order valence-electron chi connectivity index (χ1n) is 4.95. The third-order valence-electron chi connectivity index (χ3n) is 2.29. The molecule has 0 unspecified atom stereocenters. The van der Waals surface area contributed by atoms with Gasteiger partial charge in [0.1, 0.15) is 11.5 Å². The van der Waals surface area contributed by atoms with Gasteiger partial charge in [-0.3, -0.25) is 4.98 Å². The predicted octanol–water partition coefficient (Wildman–Crippen LogP) is 2.90. The summed E-state index contributed by atoms with van der Waals surface area (Å²) in [5, 5.41) is 3.29. The molecule has 0 aromatic carbocycles. The van der Waals surface area contributed by atoms with Crippen molar-refractivity contribution < 1.29 is 4.42 Å². The third kappa shape index (κ3) is 2.37. The molecule has 0 bridgehead atoms. The molecular weight excluding hydrogens is 188 g/mol. The van der Waals surface area contributed by atoms with Gasteiger partial charge in [0.15, 0.2) is 0 Å². The molecule has 0 aliphatic rings. The average molecular weight is 202 g/mol. The van der Waals surface area contributed by atoms with Crippen LogP contribution in [0, 0.1) is 13.8 Å². The molecule has 1 N–H and O–H groups in total. The van der Waals surface area contributed by atoms with E-state index in [0.717, 1.165) is 17.2 Å². The van der Waals surface area contributed by atoms with Crippen molar-refractivity contribution in [3.05, 3.63) is 47.7 Å². The number of pyridine rings is 1. The van der Waals surface area contributed by atoms with E-state index in [9.17, 15) is 0 Å². The molecule has 15 heavy (non-hydrogen) atoms. The molecule has 0 saturated heterocycles. The summed E-state index contributed by atoms with van der Waals surface area (Å²) in [6, 6.07) is 5.93. The SMILES string of the molecule is Cc1ccc(CNc2cnccc2C)o1. The van der Waals surface area contributed by atoms with Crippen LogP contribution in [-0.2, 0) is 6.54 Å². The monoisotopic (exact) mass is 202 g/mol. The van der Waals surface area contributed by atoms with Gasteiger partial charge in [-0.25, -0.2) is 0 Å². The van der Waals surface area contributed by atoms with Crippen molar-refractivity contribution in [3.8, 4) is 0 Å². The van der Waals surface area contributed by atoms with E-state index in [1.54, 1.807) is 6.20 Å². The Balaban J connectivity index is 2.02. The van der Waals surface area contributed by atoms with Crippen LogP contribution in [0.1, 0.15) is 17.1 Å². The first-order valence-corrected chi connectivity index (χ1v) is 4.95. The molecule has 0 spiro atoms. The van der Waals surface area contributed by atoms with Gasteiger partial charge in [-0.15, -0.1) is 0 Å². The van der Waals surface area contributed by atoms with Crippen LogP contribution in [0.4, 0.5) is 5.69 Å². The minimum absolute atomic E-state index is 0.695. The smallest absolute Gasteiger partial charge is 0.123 e. The Morgan fingerprint density at radius 2 is 2.13 bits per heavy atom. The zero-order chi connectivity index (χ0) is 10.7. The lowest BCUT2D eigenvalue weighted by molar-refractivity contribution is 0.490. The molecular formula is C12H14N2O. The summed E-state index contributed by atoms with van der Waals surface area (Å²) in [4.78, 5) is 4.07. The van der Waals surface area contributed by atoms with E-state index in [4.69, 9.17) is 4.42 Å². The molecule has 0 atom stereocenters. The van der Waals surface area contributed by atoms with Crippen molar-refractivity contribution in [2.24, 2.45) is 0 Å². The highest BCUT2D eigenvalue weighted by molar-refractivity contribution is 5.47. The van der Waals surface area contributed by atoms with Gasteiger partial charge in [0.2, 0.25) is 0 Å². The number of rotatable bonds is 3. The fraction of sp³-hybridized carbons (Fsp3) is 0.250. The van der Waals surface area contributed by atoms with Crippen molar-refractivity contribution in [1.29, 1.82) is 0 Å². The van der Waals surface area contributed by atoms with Crippen LogP contribution in [0.15, 0.2) is 35.0 Å². The summed E-state index contributed by atoms with van der Waals surface area (Å²) in [5.74, 6) is 1.88. The summed E-state index contributed by atoms with van der Waals surface area (Å²) in [5.41, 5.74) is 2.24. The van der Waals surface area contributed by atoms with E-state index in [2.05, 4.69) is 17.2 Å². The molecule has 2 rings (SSSR count). The van der Waals surface area contributed by atoms with Crippen LogP contribution in [0.2, 0.25) is 0 Å². The summed E-state index contributed by atoms with van der Waals surface area (Å²) >= 11 is 0. The summed E-state index contributed by atoms with van der Waals surface area (Å²) in [6.45, 7) is 4.69. The summed E-state index contributed by atoms with van der Waals surface area (Å²) in [6.07, 6.45) is 3.61. The molecule has 78 valence electrons. The molecule has 2 heterocycles. The fourth-order valence-corrected chi connectivity index (χ4v) is 1.41. The van der Waals surface area contributed by atoms with Gasteiger partial charge in [-0.05, 0) is 37.6 Å². The Labute approximate surface area is 89.1 Å². The Morgan fingerprint density at radius 3 is 2.80 bits per heavy atom. The number of anilines is 1. The topological polar surface area (TPSA) is 38.1 Å². The maximum atomic E-state index is 5.46. The molecule has 0 amide bonds. The van der Waals surface area contributed by atoms with Crippen molar-refractivity contribution >= 4 is 5.69 Å². The van der Waals surface area contributed by atoms with Gasteiger partial charge >= 0.3 is 0 Å². The summed E-state index contributed by atoms with van der Waals surface area (Å²) in [7, 11) is 0. The highest BCUT2D eigenvalue weighted by atomic mass is 16.3. The summed E-state index contributed by atoms with van der Waals surface area (Å²) < 4.78 is 5.46. The molecule has 0 aliphatic heterocycles. The molecule has 2 aromatic rings. The minimum Gasteiger partial charge on any atom is -0.465 e. The Morgan fingerprint density at radius 1 is 1.27 bits per heavy atom. The lowest BCUT2D eigenvalue weighted by Gasteiger charge is -2.06. The fourth-order valence-electron chi connectivity index (χ4n) is 1.41. The van der Waals surface area contributed by atoms with Crippen molar-refractivity contribution in [3.63, 3.8) is 0 Å². The first-order chi connectivity index (χ1) is 7.25. The average Bonchev–Trinajstić information content (AvgIpc) is 2.63. The quantitative estimate of drug-likeness (QED) is 0.831. The number of aryl methyl sites for hydroxylation is 2. The van der Waals surface area contributed by atoms with Crippen LogP contribution in [0.25, 0.3) is 0 Å². The van der Waals surface area contributed by atoms with E-state index in [1.165, 1.54) is 5.56 Å². The number of nitrogens with one attached hydrogen (secondary N) is 1. The Bertz CT molecular complexity index is 448. The Kier molecular flexibility index (Phi) is 2.72. The Hall–Kier alpha value is -1.77. The van der Waals surface area contributed by atoms with Crippen molar-refractivity contribution in [2.45, 2.75) is 20.4 Å². The van der Waals surface area contributed by atoms with Crippen LogP contribution >= 0.6 is 0 Å². The first kappa shape index (κ1) is 9.77. The third-order valence-corrected chi connectivity index (χ3v) is 2.29. The van der Waals surface area contributed by atoms with E-state index < -0.39 is 0 Å². The lowest BCUT2D eigenvalue weighted by Crippen LogP contribution is -2.00. The van der Waals surface area contributed by atoms with E-state index in [0.29, 0.717) is 6.54 Å². The molecule has 3 heteroatoms. The van der Waals surface area contributed by atoms with Crippen LogP contribution in [-0.4, -0.2) is 4.98 Å². The van der Waals surface area contributed by atoms with Gasteiger partial charge in [-0.1, -0.05) is 0 Å².